The molecule has 4 rings (SSSR count). The molecular weight excluding hydrogens is 516 g/mol. The van der Waals surface area contributed by atoms with E-state index in [1.54, 1.807) is 19.9 Å². The lowest BCUT2D eigenvalue weighted by atomic mass is 9.45. The van der Waals surface area contributed by atoms with Gasteiger partial charge in [-0.2, -0.15) is 0 Å². The highest BCUT2D eigenvalue weighted by atomic mass is 79.9. The van der Waals surface area contributed by atoms with Crippen LogP contribution in [-0.2, 0) is 19.1 Å². The monoisotopic (exact) mass is 544 g/mol. The SMILES string of the molecule is CC(=O)OCC(=O)[C@@]1(O)[C@@H](C)C[C@H]2[C@@H]3[C@@H](O)[C@@H](O)C4=CC(=O)C=C[C@]4(C)[C@@]3(Br)[C@@H](Cl)C[C@@]21C. The smallest absolute Gasteiger partial charge is 0.303 e. The van der Waals surface area contributed by atoms with Crippen LogP contribution >= 0.6 is 27.5 Å². The summed E-state index contributed by atoms with van der Waals surface area (Å²) in [7, 11) is 0. The molecule has 0 saturated heterocycles. The fourth-order valence-electron chi connectivity index (χ4n) is 7.38. The topological polar surface area (TPSA) is 121 Å². The summed E-state index contributed by atoms with van der Waals surface area (Å²) in [4.78, 5) is 36.6. The van der Waals surface area contributed by atoms with Gasteiger partial charge in [-0.05, 0) is 42.4 Å². The summed E-state index contributed by atoms with van der Waals surface area (Å²) in [5.41, 5.74) is -3.33. The predicted octanol–water partition coefficient (Wildman–Crippen LogP) is 2.08. The molecule has 4 aliphatic rings. The van der Waals surface area contributed by atoms with Crippen molar-refractivity contribution in [2.45, 2.75) is 68.0 Å². The van der Waals surface area contributed by atoms with E-state index in [0.717, 1.165) is 0 Å². The molecule has 0 aromatic heterocycles. The molecule has 0 bridgehead atoms. The second-order valence-electron chi connectivity index (χ2n) is 10.6. The van der Waals surface area contributed by atoms with Gasteiger partial charge in [0, 0.05) is 23.7 Å². The highest BCUT2D eigenvalue weighted by Gasteiger charge is 2.76. The number of alkyl halides is 2. The maximum Gasteiger partial charge on any atom is 0.303 e. The summed E-state index contributed by atoms with van der Waals surface area (Å²) in [6.07, 6.45) is 2.61. The molecule has 9 heteroatoms. The number of ketones is 2. The second-order valence-corrected chi connectivity index (χ2v) is 12.4. The number of esters is 1. The largest absolute Gasteiger partial charge is 0.458 e. The molecule has 0 heterocycles. The summed E-state index contributed by atoms with van der Waals surface area (Å²) in [6, 6.07) is 0. The van der Waals surface area contributed by atoms with Crippen molar-refractivity contribution >= 4 is 45.1 Å². The Bertz CT molecular complexity index is 980. The van der Waals surface area contributed by atoms with Crippen molar-refractivity contribution in [1.82, 2.24) is 0 Å². The molecule has 10 atom stereocenters. The minimum Gasteiger partial charge on any atom is -0.458 e. The van der Waals surface area contributed by atoms with E-state index >= 15 is 0 Å². The average molecular weight is 546 g/mol. The fraction of sp³-hybridized carbons (Fsp3) is 0.708. The minimum atomic E-state index is -1.82. The molecule has 33 heavy (non-hydrogen) atoms. The van der Waals surface area contributed by atoms with Crippen LogP contribution in [0, 0.1) is 28.6 Å². The van der Waals surface area contributed by atoms with Crippen LogP contribution in [0.2, 0.25) is 0 Å². The van der Waals surface area contributed by atoms with Crippen LogP contribution in [0.5, 0.6) is 0 Å². The zero-order chi connectivity index (χ0) is 24.7. The number of fused-ring (bicyclic) bond motifs is 5. The molecule has 0 amide bonds. The Morgan fingerprint density at radius 1 is 1.30 bits per heavy atom. The van der Waals surface area contributed by atoms with Gasteiger partial charge in [-0.1, -0.05) is 42.8 Å². The number of carbonyl (C=O) groups is 3. The van der Waals surface area contributed by atoms with E-state index in [4.69, 9.17) is 16.3 Å². The fourth-order valence-corrected chi connectivity index (χ4v) is 9.18. The Labute approximate surface area is 206 Å². The number of halogens is 2. The van der Waals surface area contributed by atoms with Crippen molar-refractivity contribution in [2.75, 3.05) is 6.61 Å². The Hall–Kier alpha value is -1.06. The van der Waals surface area contributed by atoms with Crippen LogP contribution in [0.1, 0.15) is 40.5 Å². The number of aliphatic hydroxyl groups excluding tert-OH is 2. The van der Waals surface area contributed by atoms with Crippen LogP contribution in [-0.4, -0.2) is 67.0 Å². The van der Waals surface area contributed by atoms with E-state index in [2.05, 4.69) is 15.9 Å². The maximum absolute atomic E-state index is 13.2. The Balaban J connectivity index is 1.84. The number of allylic oxidation sites excluding steroid dienone is 3. The molecule has 0 radical (unpaired) electrons. The van der Waals surface area contributed by atoms with E-state index in [9.17, 15) is 29.7 Å². The molecule has 0 unspecified atom stereocenters. The third-order valence-corrected chi connectivity index (χ3v) is 11.8. The number of aliphatic hydroxyl groups is 3. The van der Waals surface area contributed by atoms with Gasteiger partial charge in [-0.15, -0.1) is 11.6 Å². The van der Waals surface area contributed by atoms with Crippen LogP contribution in [0.15, 0.2) is 23.8 Å². The lowest BCUT2D eigenvalue weighted by Crippen LogP contribution is -2.72. The second kappa shape index (κ2) is 7.72. The molecule has 7 nitrogen and oxygen atoms in total. The predicted molar refractivity (Wildman–Crippen MR) is 124 cm³/mol. The Morgan fingerprint density at radius 2 is 1.94 bits per heavy atom. The molecule has 4 aliphatic carbocycles. The lowest BCUT2D eigenvalue weighted by Gasteiger charge is -2.66. The quantitative estimate of drug-likeness (QED) is 0.367. The molecule has 0 aromatic carbocycles. The highest BCUT2D eigenvalue weighted by Crippen LogP contribution is 2.72. The first-order chi connectivity index (χ1) is 15.2. The van der Waals surface area contributed by atoms with Crippen LogP contribution in [0.4, 0.5) is 0 Å². The van der Waals surface area contributed by atoms with Gasteiger partial charge in [-0.25, -0.2) is 0 Å². The van der Waals surface area contributed by atoms with Crippen molar-refractivity contribution in [1.29, 1.82) is 0 Å². The summed E-state index contributed by atoms with van der Waals surface area (Å²) in [5, 5.41) is 33.6. The van der Waals surface area contributed by atoms with Crippen LogP contribution in [0.25, 0.3) is 0 Å². The summed E-state index contributed by atoms with van der Waals surface area (Å²) >= 11 is 10.9. The van der Waals surface area contributed by atoms with E-state index in [-0.39, 0.29) is 18.1 Å². The Kier molecular flexibility index (Phi) is 5.86. The number of ether oxygens (including phenoxy) is 1. The van der Waals surface area contributed by atoms with Crippen molar-refractivity contribution in [3.8, 4) is 0 Å². The first-order valence-corrected chi connectivity index (χ1v) is 12.4. The van der Waals surface area contributed by atoms with Gasteiger partial charge < -0.3 is 20.1 Å². The lowest BCUT2D eigenvalue weighted by molar-refractivity contribution is -0.179. The third kappa shape index (κ3) is 3.00. The van der Waals surface area contributed by atoms with Gasteiger partial charge in [-0.3, -0.25) is 14.4 Å². The van der Waals surface area contributed by atoms with Crippen molar-refractivity contribution in [3.05, 3.63) is 23.8 Å². The summed E-state index contributed by atoms with van der Waals surface area (Å²) in [5.74, 6) is -2.99. The van der Waals surface area contributed by atoms with Crippen molar-refractivity contribution in [2.24, 2.45) is 28.6 Å². The zero-order valence-corrected chi connectivity index (χ0v) is 21.4. The van der Waals surface area contributed by atoms with Gasteiger partial charge in [0.1, 0.15) is 11.7 Å². The standard InChI is InChI=1S/C24H30BrClO7/c1-11-7-14-18-20(31)19(30)15-8-13(28)5-6-21(15,3)23(18,25)16(26)9-22(14,4)24(11,32)17(29)10-33-12(2)27/h5-6,8,11,14,16,18-20,30-32H,7,9-10H2,1-4H3/t11-,14-,16-,18+,19-,20+,21-,22-,23+,24-/m0/s1. The van der Waals surface area contributed by atoms with E-state index in [1.807, 2.05) is 6.92 Å². The van der Waals surface area contributed by atoms with Gasteiger partial charge in [0.2, 0.25) is 5.78 Å². The molecular formula is C24H30BrClO7. The van der Waals surface area contributed by atoms with E-state index in [1.165, 1.54) is 19.1 Å². The van der Waals surface area contributed by atoms with Gasteiger partial charge >= 0.3 is 5.97 Å². The first-order valence-electron chi connectivity index (χ1n) is 11.2. The molecule has 3 N–H and O–H groups in total. The normalized spacial score (nSPS) is 50.7. The van der Waals surface area contributed by atoms with Crippen molar-refractivity contribution < 1.29 is 34.4 Å². The van der Waals surface area contributed by atoms with Gasteiger partial charge in [0.05, 0.1) is 15.8 Å². The number of rotatable bonds is 3. The van der Waals surface area contributed by atoms with Crippen LogP contribution in [0.3, 0.4) is 0 Å². The summed E-state index contributed by atoms with van der Waals surface area (Å²) < 4.78 is 3.97. The molecule has 182 valence electrons. The number of Topliss-reactive ketones (excluding diaryl/α,β-unsaturated/α-hetero) is 1. The van der Waals surface area contributed by atoms with E-state index < -0.39 is 68.5 Å². The van der Waals surface area contributed by atoms with Crippen LogP contribution < -0.4 is 0 Å². The molecule has 0 aromatic rings. The molecule has 3 fully saturated rings. The third-order valence-electron chi connectivity index (χ3n) is 9.10. The number of hydrogen-bond donors (Lipinski definition) is 3. The number of carbonyl (C=O) groups excluding carboxylic acids is 3. The molecule has 0 spiro atoms. The maximum atomic E-state index is 13.2. The van der Waals surface area contributed by atoms with Gasteiger partial charge in [0.15, 0.2) is 12.4 Å². The van der Waals surface area contributed by atoms with Crippen molar-refractivity contribution in [3.63, 3.8) is 0 Å². The van der Waals surface area contributed by atoms with Gasteiger partial charge in [0.25, 0.3) is 0 Å². The number of hydrogen-bond acceptors (Lipinski definition) is 7. The molecule has 3 saturated carbocycles. The highest BCUT2D eigenvalue weighted by molar-refractivity contribution is 9.10. The Morgan fingerprint density at radius 3 is 2.55 bits per heavy atom. The average Bonchev–Trinajstić information content (AvgIpc) is 2.93. The molecule has 0 aliphatic heterocycles. The zero-order valence-electron chi connectivity index (χ0n) is 19.0. The summed E-state index contributed by atoms with van der Waals surface area (Å²) in [6.45, 7) is 6.10. The first kappa shape index (κ1) is 25.0. The van der Waals surface area contributed by atoms with E-state index in [0.29, 0.717) is 12.0 Å². The minimum absolute atomic E-state index is 0.237.